The first-order chi connectivity index (χ1) is 11.0. The number of rotatable bonds is 4. The van der Waals surface area contributed by atoms with Crippen molar-refractivity contribution < 1.29 is 4.79 Å². The fraction of sp³-hybridized carbons (Fsp3) is 0.625. The van der Waals surface area contributed by atoms with E-state index >= 15 is 0 Å². The number of anilines is 1. The second kappa shape index (κ2) is 6.52. The summed E-state index contributed by atoms with van der Waals surface area (Å²) in [5.41, 5.74) is 0.741. The van der Waals surface area contributed by atoms with Gasteiger partial charge in [0.2, 0.25) is 5.91 Å². The van der Waals surface area contributed by atoms with E-state index in [0.717, 1.165) is 37.4 Å². The average Bonchev–Trinajstić information content (AvgIpc) is 3.02. The number of hydrogen-bond acceptors (Lipinski definition) is 5. The van der Waals surface area contributed by atoms with E-state index in [4.69, 9.17) is 0 Å². The molecule has 0 saturated carbocycles. The highest BCUT2D eigenvalue weighted by Crippen LogP contribution is 2.22. The zero-order chi connectivity index (χ0) is 16.4. The highest BCUT2D eigenvalue weighted by molar-refractivity contribution is 5.79. The fourth-order valence-corrected chi connectivity index (χ4v) is 2.77. The van der Waals surface area contributed by atoms with E-state index in [1.807, 2.05) is 12.1 Å². The van der Waals surface area contributed by atoms with Crippen molar-refractivity contribution in [3.8, 4) is 0 Å². The molecule has 1 fully saturated rings. The van der Waals surface area contributed by atoms with Crippen LogP contribution in [0.4, 0.5) is 5.82 Å². The van der Waals surface area contributed by atoms with Crippen LogP contribution in [0, 0.1) is 11.8 Å². The zero-order valence-electron chi connectivity index (χ0n) is 13.9. The van der Waals surface area contributed by atoms with Gasteiger partial charge in [0.25, 0.3) is 0 Å². The van der Waals surface area contributed by atoms with Crippen LogP contribution in [0.2, 0.25) is 0 Å². The minimum Gasteiger partial charge on any atom is -0.355 e. The molecule has 1 aliphatic heterocycles. The van der Waals surface area contributed by atoms with Crippen molar-refractivity contribution in [3.63, 3.8) is 0 Å². The summed E-state index contributed by atoms with van der Waals surface area (Å²) in [6.07, 6.45) is 3.32. The molecule has 1 aliphatic rings. The number of fused-ring (bicyclic) bond motifs is 1. The molecule has 7 heteroatoms. The van der Waals surface area contributed by atoms with E-state index in [1.165, 1.54) is 0 Å². The van der Waals surface area contributed by atoms with Crippen molar-refractivity contribution in [2.45, 2.75) is 39.7 Å². The Kier molecular flexibility index (Phi) is 4.45. The van der Waals surface area contributed by atoms with E-state index in [9.17, 15) is 4.79 Å². The Hall–Kier alpha value is -2.18. The van der Waals surface area contributed by atoms with E-state index in [2.05, 4.69) is 46.3 Å². The highest BCUT2D eigenvalue weighted by Gasteiger charge is 2.26. The van der Waals surface area contributed by atoms with Gasteiger partial charge in [0.1, 0.15) is 12.1 Å². The Labute approximate surface area is 136 Å². The molecule has 3 heterocycles. The van der Waals surface area contributed by atoms with Crippen molar-refractivity contribution in [1.82, 2.24) is 25.1 Å². The van der Waals surface area contributed by atoms with Crippen LogP contribution in [0.3, 0.4) is 0 Å². The summed E-state index contributed by atoms with van der Waals surface area (Å²) in [4.78, 5) is 14.5. The summed E-state index contributed by atoms with van der Waals surface area (Å²) < 4.78 is 1.68. The van der Waals surface area contributed by atoms with Crippen molar-refractivity contribution in [1.29, 1.82) is 0 Å². The quantitative estimate of drug-likeness (QED) is 0.925. The molecular formula is C16H24N6O. The van der Waals surface area contributed by atoms with Gasteiger partial charge in [0, 0.05) is 25.0 Å². The van der Waals surface area contributed by atoms with E-state index in [0.29, 0.717) is 5.92 Å². The first kappa shape index (κ1) is 15.7. The largest absolute Gasteiger partial charge is 0.355 e. The van der Waals surface area contributed by atoms with Gasteiger partial charge in [-0.05, 0) is 37.8 Å². The molecule has 0 aromatic carbocycles. The van der Waals surface area contributed by atoms with Gasteiger partial charge >= 0.3 is 0 Å². The Balaban J connectivity index is 1.58. The molecule has 0 radical (unpaired) electrons. The summed E-state index contributed by atoms with van der Waals surface area (Å²) >= 11 is 0. The zero-order valence-corrected chi connectivity index (χ0v) is 13.9. The Morgan fingerprint density at radius 1 is 1.26 bits per heavy atom. The van der Waals surface area contributed by atoms with Crippen LogP contribution in [-0.2, 0) is 4.79 Å². The molecule has 0 spiro atoms. The summed E-state index contributed by atoms with van der Waals surface area (Å²) in [5.74, 6) is 1.66. The van der Waals surface area contributed by atoms with Gasteiger partial charge in [-0.3, -0.25) is 4.79 Å². The van der Waals surface area contributed by atoms with Gasteiger partial charge in [-0.1, -0.05) is 13.8 Å². The number of nitrogens with zero attached hydrogens (tertiary/aromatic N) is 5. The minimum absolute atomic E-state index is 0.103. The molecule has 0 bridgehead atoms. The molecule has 0 unspecified atom stereocenters. The number of aromatic nitrogens is 4. The second-order valence-electron chi connectivity index (χ2n) is 6.63. The second-order valence-corrected chi connectivity index (χ2v) is 6.63. The molecule has 1 saturated heterocycles. The third kappa shape index (κ3) is 3.43. The van der Waals surface area contributed by atoms with Gasteiger partial charge in [0.05, 0.1) is 0 Å². The number of hydrogen-bond donors (Lipinski definition) is 1. The molecule has 7 nitrogen and oxygen atoms in total. The predicted molar refractivity (Wildman–Crippen MR) is 88.2 cm³/mol. The van der Waals surface area contributed by atoms with Gasteiger partial charge in [-0.25, -0.2) is 0 Å². The van der Waals surface area contributed by atoms with Crippen LogP contribution >= 0.6 is 0 Å². The number of carbonyl (C=O) groups excluding carboxylic acids is 1. The molecule has 3 rings (SSSR count). The van der Waals surface area contributed by atoms with E-state index < -0.39 is 0 Å². The molecule has 1 atom stereocenters. The van der Waals surface area contributed by atoms with Crippen LogP contribution in [0.1, 0.15) is 33.6 Å². The van der Waals surface area contributed by atoms with Crippen molar-refractivity contribution in [3.05, 3.63) is 18.5 Å². The Bertz CT molecular complexity index is 674. The van der Waals surface area contributed by atoms with Gasteiger partial charge in [0.15, 0.2) is 5.65 Å². The standard InChI is InChI=1S/C16H24N6O/c1-11(2)12(3)18-16(23)13-6-8-21(9-7-13)15-5-4-14-19-17-10-22(14)20-15/h4-5,10-13H,6-9H2,1-3H3,(H,18,23)/t12-/m0/s1. The maximum atomic E-state index is 12.3. The van der Waals surface area contributed by atoms with Crippen LogP contribution in [-0.4, -0.2) is 44.8 Å². The number of carbonyl (C=O) groups is 1. The Morgan fingerprint density at radius 2 is 2.00 bits per heavy atom. The molecule has 1 N–H and O–H groups in total. The van der Waals surface area contributed by atoms with E-state index in [1.54, 1.807) is 10.8 Å². The normalized spacial score (nSPS) is 17.7. The first-order valence-corrected chi connectivity index (χ1v) is 8.27. The summed E-state index contributed by atoms with van der Waals surface area (Å²) in [6.45, 7) is 8.00. The van der Waals surface area contributed by atoms with Gasteiger partial charge < -0.3 is 10.2 Å². The lowest BCUT2D eigenvalue weighted by molar-refractivity contribution is -0.126. The monoisotopic (exact) mass is 316 g/mol. The molecule has 124 valence electrons. The third-order valence-electron chi connectivity index (χ3n) is 4.71. The van der Waals surface area contributed by atoms with Crippen LogP contribution < -0.4 is 10.2 Å². The highest BCUT2D eigenvalue weighted by atomic mass is 16.1. The van der Waals surface area contributed by atoms with Crippen LogP contribution in [0.25, 0.3) is 5.65 Å². The van der Waals surface area contributed by atoms with Gasteiger partial charge in [-0.2, -0.15) is 4.52 Å². The number of nitrogens with one attached hydrogen (secondary N) is 1. The molecule has 2 aromatic heterocycles. The van der Waals surface area contributed by atoms with Crippen molar-refractivity contribution >= 4 is 17.4 Å². The summed E-state index contributed by atoms with van der Waals surface area (Å²) in [6, 6.07) is 4.10. The SMILES string of the molecule is CC(C)[C@H](C)NC(=O)C1CCN(c2ccc3nncn3n2)CC1. The molecule has 0 aliphatic carbocycles. The maximum Gasteiger partial charge on any atom is 0.223 e. The third-order valence-corrected chi connectivity index (χ3v) is 4.71. The van der Waals surface area contributed by atoms with Crippen LogP contribution in [0.15, 0.2) is 18.5 Å². The lowest BCUT2D eigenvalue weighted by Gasteiger charge is -2.32. The summed E-state index contributed by atoms with van der Waals surface area (Å²) in [5, 5.41) is 15.5. The van der Waals surface area contributed by atoms with Gasteiger partial charge in [-0.15, -0.1) is 15.3 Å². The number of piperidine rings is 1. The average molecular weight is 316 g/mol. The lowest BCUT2D eigenvalue weighted by Crippen LogP contribution is -2.44. The summed E-state index contributed by atoms with van der Waals surface area (Å²) in [7, 11) is 0. The maximum absolute atomic E-state index is 12.3. The molecule has 2 aromatic rings. The van der Waals surface area contributed by atoms with Crippen molar-refractivity contribution in [2.24, 2.45) is 11.8 Å². The van der Waals surface area contributed by atoms with E-state index in [-0.39, 0.29) is 17.9 Å². The Morgan fingerprint density at radius 3 is 2.70 bits per heavy atom. The van der Waals surface area contributed by atoms with Crippen LogP contribution in [0.5, 0.6) is 0 Å². The molecule has 23 heavy (non-hydrogen) atoms. The minimum atomic E-state index is 0.103. The number of amides is 1. The first-order valence-electron chi connectivity index (χ1n) is 8.27. The molecule has 1 amide bonds. The predicted octanol–water partition coefficient (Wildman–Crippen LogP) is 1.50. The lowest BCUT2D eigenvalue weighted by atomic mass is 9.95. The molecular weight excluding hydrogens is 292 g/mol. The topological polar surface area (TPSA) is 75.4 Å². The van der Waals surface area contributed by atoms with Crippen molar-refractivity contribution in [2.75, 3.05) is 18.0 Å². The fourth-order valence-electron chi connectivity index (χ4n) is 2.77. The smallest absolute Gasteiger partial charge is 0.223 e.